The van der Waals surface area contributed by atoms with Gasteiger partial charge in [-0.05, 0) is 24.6 Å². The molecule has 1 aliphatic heterocycles. The first kappa shape index (κ1) is 9.77. The lowest BCUT2D eigenvalue weighted by molar-refractivity contribution is 0.337. The lowest BCUT2D eigenvalue weighted by atomic mass is 10.2. The molecule has 78 valence electrons. The molecule has 0 aromatic carbocycles. The predicted octanol–water partition coefficient (Wildman–Crippen LogP) is 0.148. The SMILES string of the molecule is N=C1/C(=C(\N)[SiH3])CCN1C1CCCC1. The first-order chi connectivity index (χ1) is 6.70. The first-order valence-electron chi connectivity index (χ1n) is 5.51. The molecule has 0 aromatic heterocycles. The van der Waals surface area contributed by atoms with Crippen LogP contribution in [0.1, 0.15) is 32.1 Å². The van der Waals surface area contributed by atoms with E-state index in [1.54, 1.807) is 0 Å². The van der Waals surface area contributed by atoms with Gasteiger partial charge in [0.25, 0.3) is 0 Å². The van der Waals surface area contributed by atoms with Crippen LogP contribution in [0.4, 0.5) is 0 Å². The zero-order chi connectivity index (χ0) is 10.1. The van der Waals surface area contributed by atoms with Crippen LogP contribution in [0.5, 0.6) is 0 Å². The minimum atomic E-state index is 0.640. The van der Waals surface area contributed by atoms with Crippen LogP contribution in [-0.4, -0.2) is 33.6 Å². The van der Waals surface area contributed by atoms with Crippen molar-refractivity contribution < 1.29 is 0 Å². The van der Waals surface area contributed by atoms with E-state index in [0.717, 1.165) is 39.9 Å². The number of nitrogens with one attached hydrogen (secondary N) is 1. The molecular weight excluding hydrogens is 190 g/mol. The van der Waals surface area contributed by atoms with Gasteiger partial charge in [-0.3, -0.25) is 5.41 Å². The number of hydrogen-bond acceptors (Lipinski definition) is 2. The van der Waals surface area contributed by atoms with Gasteiger partial charge in [0.05, 0.1) is 10.2 Å². The van der Waals surface area contributed by atoms with Crippen molar-refractivity contribution in [3.63, 3.8) is 0 Å². The largest absolute Gasteiger partial charge is 0.406 e. The smallest absolute Gasteiger partial charge is 0.125 e. The minimum Gasteiger partial charge on any atom is -0.406 e. The number of amidine groups is 1. The van der Waals surface area contributed by atoms with Crippen molar-refractivity contribution in [2.45, 2.75) is 38.1 Å². The Morgan fingerprint density at radius 1 is 1.43 bits per heavy atom. The van der Waals surface area contributed by atoms with Crippen molar-refractivity contribution >= 4 is 16.1 Å². The highest BCUT2D eigenvalue weighted by Gasteiger charge is 2.30. The third-order valence-corrected chi connectivity index (χ3v) is 4.02. The maximum atomic E-state index is 8.07. The summed E-state index contributed by atoms with van der Waals surface area (Å²) in [6, 6.07) is 0.640. The molecule has 2 rings (SSSR count). The van der Waals surface area contributed by atoms with Crippen LogP contribution >= 0.6 is 0 Å². The zero-order valence-corrected chi connectivity index (χ0v) is 10.8. The summed E-state index contributed by atoms with van der Waals surface area (Å²) in [4.78, 5) is 2.27. The molecule has 14 heavy (non-hydrogen) atoms. The quantitative estimate of drug-likeness (QED) is 0.604. The van der Waals surface area contributed by atoms with E-state index in [9.17, 15) is 0 Å². The van der Waals surface area contributed by atoms with E-state index in [2.05, 4.69) is 4.90 Å². The Balaban J connectivity index is 2.10. The van der Waals surface area contributed by atoms with Gasteiger partial charge in [-0.25, -0.2) is 0 Å². The molecular formula is C10H19N3Si. The normalized spacial score (nSPS) is 27.7. The van der Waals surface area contributed by atoms with E-state index in [1.165, 1.54) is 25.7 Å². The Kier molecular flexibility index (Phi) is 2.63. The van der Waals surface area contributed by atoms with Gasteiger partial charge < -0.3 is 10.6 Å². The molecule has 1 saturated heterocycles. The van der Waals surface area contributed by atoms with Crippen LogP contribution in [0.25, 0.3) is 0 Å². The Hall–Kier alpha value is -0.773. The second-order valence-electron chi connectivity index (χ2n) is 4.39. The Bertz CT molecular complexity index is 275. The lowest BCUT2D eigenvalue weighted by Gasteiger charge is -2.25. The van der Waals surface area contributed by atoms with Gasteiger partial charge in [-0.1, -0.05) is 12.8 Å². The Morgan fingerprint density at radius 3 is 2.57 bits per heavy atom. The summed E-state index contributed by atoms with van der Waals surface area (Å²) in [5.41, 5.74) is 6.95. The van der Waals surface area contributed by atoms with Crippen LogP contribution in [0, 0.1) is 5.41 Å². The van der Waals surface area contributed by atoms with E-state index in [4.69, 9.17) is 11.1 Å². The Labute approximate surface area is 88.3 Å². The summed E-state index contributed by atoms with van der Waals surface area (Å²) in [7, 11) is 0.895. The lowest BCUT2D eigenvalue weighted by Crippen LogP contribution is -2.34. The van der Waals surface area contributed by atoms with E-state index >= 15 is 0 Å². The second-order valence-corrected chi connectivity index (χ2v) is 5.47. The molecule has 3 nitrogen and oxygen atoms in total. The highest BCUT2D eigenvalue weighted by molar-refractivity contribution is 6.24. The number of likely N-dealkylation sites (tertiary alicyclic amines) is 1. The molecule has 0 atom stereocenters. The fraction of sp³-hybridized carbons (Fsp3) is 0.700. The summed E-state index contributed by atoms with van der Waals surface area (Å²) in [5.74, 6) is 0.726. The predicted molar refractivity (Wildman–Crippen MR) is 62.5 cm³/mol. The third kappa shape index (κ3) is 1.58. The number of nitrogens with zero attached hydrogens (tertiary/aromatic N) is 1. The van der Waals surface area contributed by atoms with Crippen molar-refractivity contribution in [2.75, 3.05) is 6.54 Å². The third-order valence-electron chi connectivity index (χ3n) is 3.42. The molecule has 2 aliphatic rings. The first-order valence-corrected chi connectivity index (χ1v) is 6.51. The molecule has 0 aromatic rings. The van der Waals surface area contributed by atoms with Gasteiger partial charge in [-0.15, -0.1) is 0 Å². The molecule has 4 heteroatoms. The molecule has 1 saturated carbocycles. The standard InChI is InChI=1S/C10H19N3Si/c11-9-8(10(12)14)5-6-13(9)7-3-1-2-4-7/h7,11H,1-6,12H2,14H3/b10-8+,11-9?. The summed E-state index contributed by atoms with van der Waals surface area (Å²) in [6.07, 6.45) is 6.23. The molecule has 0 unspecified atom stereocenters. The summed E-state index contributed by atoms with van der Waals surface area (Å²) < 4.78 is 0. The molecule has 0 spiro atoms. The van der Waals surface area contributed by atoms with E-state index in [1.807, 2.05) is 0 Å². The van der Waals surface area contributed by atoms with Crippen molar-refractivity contribution in [2.24, 2.45) is 5.73 Å². The molecule has 2 fully saturated rings. The molecule has 0 bridgehead atoms. The van der Waals surface area contributed by atoms with Crippen LogP contribution in [0.3, 0.4) is 0 Å². The molecule has 1 aliphatic carbocycles. The second kappa shape index (κ2) is 3.77. The fourth-order valence-corrected chi connectivity index (χ4v) is 3.09. The molecule has 3 N–H and O–H groups in total. The minimum absolute atomic E-state index is 0.640. The van der Waals surface area contributed by atoms with Crippen LogP contribution < -0.4 is 5.73 Å². The topological polar surface area (TPSA) is 53.1 Å². The fourth-order valence-electron chi connectivity index (χ4n) is 2.60. The van der Waals surface area contributed by atoms with Crippen molar-refractivity contribution in [1.82, 2.24) is 4.90 Å². The number of nitrogens with two attached hydrogens (primary N) is 1. The Morgan fingerprint density at radius 2 is 2.07 bits per heavy atom. The van der Waals surface area contributed by atoms with Gasteiger partial charge in [0, 0.05) is 18.2 Å². The van der Waals surface area contributed by atoms with Gasteiger partial charge in [0.1, 0.15) is 5.84 Å². The van der Waals surface area contributed by atoms with E-state index in [-0.39, 0.29) is 0 Å². The van der Waals surface area contributed by atoms with Crippen molar-refractivity contribution in [3.8, 4) is 0 Å². The molecule has 0 radical (unpaired) electrons. The summed E-state index contributed by atoms with van der Waals surface area (Å²) in [5, 5.41) is 9.04. The molecule has 0 amide bonds. The average Bonchev–Trinajstić information content (AvgIpc) is 2.71. The van der Waals surface area contributed by atoms with Gasteiger partial charge in [0.2, 0.25) is 0 Å². The zero-order valence-electron chi connectivity index (χ0n) is 8.84. The summed E-state index contributed by atoms with van der Waals surface area (Å²) >= 11 is 0. The van der Waals surface area contributed by atoms with Gasteiger partial charge >= 0.3 is 0 Å². The maximum absolute atomic E-state index is 8.07. The number of rotatable bonds is 1. The molecule has 1 heterocycles. The van der Waals surface area contributed by atoms with Crippen molar-refractivity contribution in [3.05, 3.63) is 10.9 Å². The van der Waals surface area contributed by atoms with Gasteiger partial charge in [-0.2, -0.15) is 0 Å². The van der Waals surface area contributed by atoms with E-state index < -0.39 is 0 Å². The summed E-state index contributed by atoms with van der Waals surface area (Å²) in [6.45, 7) is 1.03. The van der Waals surface area contributed by atoms with Crippen LogP contribution in [-0.2, 0) is 0 Å². The highest BCUT2D eigenvalue weighted by Crippen LogP contribution is 2.29. The van der Waals surface area contributed by atoms with Crippen LogP contribution in [0.2, 0.25) is 0 Å². The highest BCUT2D eigenvalue weighted by atomic mass is 28.1. The number of hydrogen-bond donors (Lipinski definition) is 2. The maximum Gasteiger partial charge on any atom is 0.125 e. The average molecular weight is 209 g/mol. The van der Waals surface area contributed by atoms with Crippen LogP contribution in [0.15, 0.2) is 10.9 Å². The van der Waals surface area contributed by atoms with Gasteiger partial charge in [0.15, 0.2) is 0 Å². The van der Waals surface area contributed by atoms with E-state index in [0.29, 0.717) is 6.04 Å². The monoisotopic (exact) mass is 209 g/mol. The van der Waals surface area contributed by atoms with Crippen molar-refractivity contribution in [1.29, 1.82) is 5.41 Å².